The van der Waals surface area contributed by atoms with Crippen LogP contribution in [-0.2, 0) is 0 Å². The van der Waals surface area contributed by atoms with E-state index in [0.29, 0.717) is 12.5 Å². The number of aliphatic hydroxyl groups excluding tert-OH is 1. The van der Waals surface area contributed by atoms with E-state index in [4.69, 9.17) is 5.11 Å². The van der Waals surface area contributed by atoms with Crippen LogP contribution in [0, 0.1) is 12.3 Å². The van der Waals surface area contributed by atoms with E-state index in [0.717, 1.165) is 19.5 Å². The van der Waals surface area contributed by atoms with E-state index in [1.807, 2.05) is 0 Å². The van der Waals surface area contributed by atoms with Crippen LogP contribution in [0.2, 0.25) is 0 Å². The minimum Gasteiger partial charge on any atom is -0.392 e. The van der Waals surface area contributed by atoms with Crippen LogP contribution in [0.25, 0.3) is 0 Å². The summed E-state index contributed by atoms with van der Waals surface area (Å²) in [6, 6.07) is 0. The number of rotatable bonds is 1. The zero-order chi connectivity index (χ0) is 5.82. The first-order valence-corrected chi connectivity index (χ1v) is 3.08. The fourth-order valence-corrected chi connectivity index (χ4v) is 0.923. The minimum atomic E-state index is 0.321. The van der Waals surface area contributed by atoms with Crippen molar-refractivity contribution in [3.8, 4) is 0 Å². The highest BCUT2D eigenvalue weighted by Crippen LogP contribution is 2.07. The highest BCUT2D eigenvalue weighted by atomic mass is 16.3. The van der Waals surface area contributed by atoms with Gasteiger partial charge >= 0.3 is 0 Å². The van der Waals surface area contributed by atoms with Crippen molar-refractivity contribution in [3.63, 3.8) is 0 Å². The highest BCUT2D eigenvalue weighted by molar-refractivity contribution is 4.82. The van der Waals surface area contributed by atoms with E-state index in [1.165, 1.54) is 0 Å². The van der Waals surface area contributed by atoms with Crippen LogP contribution < -0.4 is 5.32 Å². The minimum absolute atomic E-state index is 0.321. The fourth-order valence-electron chi connectivity index (χ4n) is 0.923. The Morgan fingerprint density at radius 2 is 2.62 bits per heavy atom. The Kier molecular flexibility index (Phi) is 2.18. The van der Waals surface area contributed by atoms with Crippen molar-refractivity contribution in [3.05, 3.63) is 6.42 Å². The summed E-state index contributed by atoms with van der Waals surface area (Å²) in [7, 11) is 0. The normalized spacial score (nSPS) is 29.4. The van der Waals surface area contributed by atoms with Crippen molar-refractivity contribution in [2.75, 3.05) is 19.7 Å². The summed E-state index contributed by atoms with van der Waals surface area (Å²) in [6.07, 6.45) is 3.22. The molecule has 1 rings (SSSR count). The van der Waals surface area contributed by atoms with Crippen LogP contribution in [0.1, 0.15) is 6.42 Å². The first kappa shape index (κ1) is 5.92. The number of hydrogen-bond donors (Lipinski definition) is 2. The molecule has 0 aromatic carbocycles. The van der Waals surface area contributed by atoms with Crippen molar-refractivity contribution in [1.29, 1.82) is 0 Å². The second-order valence-corrected chi connectivity index (χ2v) is 2.17. The molecule has 0 bridgehead atoms. The van der Waals surface area contributed by atoms with E-state index in [2.05, 4.69) is 11.7 Å². The second-order valence-electron chi connectivity index (χ2n) is 2.17. The molecular formula is C6H12NO+. The van der Waals surface area contributed by atoms with Crippen LogP contribution in [0.4, 0.5) is 0 Å². The molecule has 0 radical (unpaired) electrons. The summed E-state index contributed by atoms with van der Waals surface area (Å²) in [4.78, 5) is 0. The third-order valence-electron chi connectivity index (χ3n) is 1.52. The molecule has 0 spiro atoms. The predicted molar refractivity (Wildman–Crippen MR) is 32.4 cm³/mol. The number of piperidine rings is 1. The molecule has 46 valence electrons. The number of nitrogens with one attached hydrogen (secondary N) is 1. The Morgan fingerprint density at radius 1 is 1.75 bits per heavy atom. The molecule has 1 unspecified atom stereocenters. The Balaban J connectivity index is 2.13. The molecule has 0 saturated carbocycles. The van der Waals surface area contributed by atoms with Crippen molar-refractivity contribution in [2.24, 2.45) is 5.92 Å². The van der Waals surface area contributed by atoms with E-state index in [-0.39, 0.29) is 0 Å². The Hall–Kier alpha value is -0.210. The SMILES string of the molecule is OCC1[CH+]CNCC1. The van der Waals surface area contributed by atoms with Crippen molar-refractivity contribution in [1.82, 2.24) is 5.32 Å². The first-order valence-electron chi connectivity index (χ1n) is 3.08. The van der Waals surface area contributed by atoms with Crippen LogP contribution in [-0.4, -0.2) is 24.8 Å². The van der Waals surface area contributed by atoms with Crippen LogP contribution in [0.5, 0.6) is 0 Å². The summed E-state index contributed by atoms with van der Waals surface area (Å²) in [5.41, 5.74) is 0. The Bertz CT molecular complexity index is 59.5. The van der Waals surface area contributed by atoms with Gasteiger partial charge in [0.05, 0.1) is 13.0 Å². The lowest BCUT2D eigenvalue weighted by molar-refractivity contribution is 0.226. The third-order valence-corrected chi connectivity index (χ3v) is 1.52. The largest absolute Gasteiger partial charge is 0.392 e. The van der Waals surface area contributed by atoms with Gasteiger partial charge in [-0.3, -0.25) is 5.32 Å². The van der Waals surface area contributed by atoms with Gasteiger partial charge in [0.1, 0.15) is 12.5 Å². The Morgan fingerprint density at radius 3 is 3.00 bits per heavy atom. The van der Waals surface area contributed by atoms with Crippen LogP contribution >= 0.6 is 0 Å². The summed E-state index contributed by atoms with van der Waals surface area (Å²) in [6.45, 7) is 2.34. The average Bonchev–Trinajstić information content (AvgIpc) is 1.90. The van der Waals surface area contributed by atoms with Gasteiger partial charge in [-0.1, -0.05) is 0 Å². The molecule has 1 fully saturated rings. The van der Waals surface area contributed by atoms with Gasteiger partial charge in [0.15, 0.2) is 0 Å². The van der Waals surface area contributed by atoms with E-state index >= 15 is 0 Å². The molecule has 2 nitrogen and oxygen atoms in total. The number of aliphatic hydroxyl groups is 1. The molecule has 1 aliphatic heterocycles. The standard InChI is InChI=1S/C6H12NO/c8-5-6-1-3-7-4-2-6/h1,6-8H,2-5H2/q+1. The summed E-state index contributed by atoms with van der Waals surface area (Å²) in [5.74, 6) is 0.455. The lowest BCUT2D eigenvalue weighted by Crippen LogP contribution is -2.29. The monoisotopic (exact) mass is 114 g/mol. The van der Waals surface area contributed by atoms with Crippen LogP contribution in [0.3, 0.4) is 0 Å². The Labute approximate surface area is 49.9 Å². The average molecular weight is 114 g/mol. The van der Waals surface area contributed by atoms with E-state index < -0.39 is 0 Å². The van der Waals surface area contributed by atoms with Gasteiger partial charge in [-0.05, 0) is 0 Å². The summed E-state index contributed by atoms with van der Waals surface area (Å²) < 4.78 is 0. The lowest BCUT2D eigenvalue weighted by atomic mass is 10.00. The zero-order valence-electron chi connectivity index (χ0n) is 4.93. The molecule has 8 heavy (non-hydrogen) atoms. The maximum Gasteiger partial charge on any atom is 0.139 e. The molecule has 0 aromatic heterocycles. The van der Waals surface area contributed by atoms with Crippen molar-refractivity contribution < 1.29 is 5.11 Å². The topological polar surface area (TPSA) is 32.3 Å². The van der Waals surface area contributed by atoms with Gasteiger partial charge in [-0.15, -0.1) is 0 Å². The third kappa shape index (κ3) is 1.39. The predicted octanol–water partition coefficient (Wildman–Crippen LogP) is -0.208. The highest BCUT2D eigenvalue weighted by Gasteiger charge is 2.19. The summed E-state index contributed by atoms with van der Waals surface area (Å²) in [5, 5.41) is 11.8. The molecular weight excluding hydrogens is 102 g/mol. The fraction of sp³-hybridized carbons (Fsp3) is 0.833. The zero-order valence-corrected chi connectivity index (χ0v) is 4.93. The molecule has 0 aliphatic carbocycles. The lowest BCUT2D eigenvalue weighted by Gasteiger charge is -2.11. The van der Waals surface area contributed by atoms with Gasteiger partial charge in [0.25, 0.3) is 0 Å². The maximum absolute atomic E-state index is 8.63. The number of hydrogen-bond acceptors (Lipinski definition) is 2. The quantitative estimate of drug-likeness (QED) is 0.462. The first-order chi connectivity index (χ1) is 3.93. The van der Waals surface area contributed by atoms with Gasteiger partial charge in [-0.25, -0.2) is 0 Å². The van der Waals surface area contributed by atoms with Gasteiger partial charge in [0, 0.05) is 13.0 Å². The molecule has 0 amide bonds. The summed E-state index contributed by atoms with van der Waals surface area (Å²) >= 11 is 0. The van der Waals surface area contributed by atoms with E-state index in [1.54, 1.807) is 0 Å². The molecule has 2 N–H and O–H groups in total. The molecule has 2 heteroatoms. The van der Waals surface area contributed by atoms with Gasteiger partial charge in [0.2, 0.25) is 0 Å². The van der Waals surface area contributed by atoms with Gasteiger partial charge < -0.3 is 5.11 Å². The molecule has 0 aromatic rings. The van der Waals surface area contributed by atoms with Gasteiger partial charge in [-0.2, -0.15) is 0 Å². The molecule has 1 saturated heterocycles. The van der Waals surface area contributed by atoms with Crippen LogP contribution in [0.15, 0.2) is 0 Å². The smallest absolute Gasteiger partial charge is 0.139 e. The molecule has 1 atom stereocenters. The maximum atomic E-state index is 8.63. The second kappa shape index (κ2) is 2.95. The van der Waals surface area contributed by atoms with E-state index in [9.17, 15) is 0 Å². The van der Waals surface area contributed by atoms with Crippen molar-refractivity contribution >= 4 is 0 Å². The molecule has 1 aliphatic rings. The molecule has 1 heterocycles. The van der Waals surface area contributed by atoms with Crippen molar-refractivity contribution in [2.45, 2.75) is 6.42 Å².